The second-order valence-electron chi connectivity index (χ2n) is 7.31. The summed E-state index contributed by atoms with van der Waals surface area (Å²) in [6, 6.07) is 18.7. The van der Waals surface area contributed by atoms with Gasteiger partial charge in [-0.2, -0.15) is 4.31 Å². The Morgan fingerprint density at radius 2 is 1.71 bits per heavy atom. The first-order chi connectivity index (χ1) is 13.6. The number of hydrogen-bond donors (Lipinski definition) is 1. The Labute approximate surface area is 167 Å². The van der Waals surface area contributed by atoms with Gasteiger partial charge in [-0.05, 0) is 49.3 Å². The zero-order valence-corrected chi connectivity index (χ0v) is 16.9. The largest absolute Gasteiger partial charge is 0.356 e. The molecular formula is C22H28N2O3S. The second kappa shape index (κ2) is 9.85. The fourth-order valence-electron chi connectivity index (χ4n) is 3.64. The lowest BCUT2D eigenvalue weighted by atomic mass is 9.94. The van der Waals surface area contributed by atoms with Gasteiger partial charge in [0.1, 0.15) is 0 Å². The molecule has 1 unspecified atom stereocenters. The number of rotatable bonds is 8. The molecule has 3 rings (SSSR count). The highest BCUT2D eigenvalue weighted by Gasteiger charge is 2.30. The van der Waals surface area contributed by atoms with Crippen molar-refractivity contribution in [3.63, 3.8) is 0 Å². The molecule has 6 heteroatoms. The van der Waals surface area contributed by atoms with E-state index in [4.69, 9.17) is 0 Å². The van der Waals surface area contributed by atoms with Gasteiger partial charge in [-0.25, -0.2) is 8.42 Å². The van der Waals surface area contributed by atoms with Crippen molar-refractivity contribution in [2.75, 3.05) is 19.6 Å². The lowest BCUT2D eigenvalue weighted by Crippen LogP contribution is -2.40. The Hall–Kier alpha value is -2.18. The molecule has 1 aliphatic heterocycles. The van der Waals surface area contributed by atoms with Crippen LogP contribution < -0.4 is 5.32 Å². The molecule has 1 N–H and O–H groups in total. The molecule has 1 atom stereocenters. The van der Waals surface area contributed by atoms with Gasteiger partial charge in [-0.1, -0.05) is 48.5 Å². The molecule has 0 aliphatic carbocycles. The maximum Gasteiger partial charge on any atom is 0.243 e. The molecule has 150 valence electrons. The summed E-state index contributed by atoms with van der Waals surface area (Å²) >= 11 is 0. The molecule has 2 aromatic rings. The van der Waals surface area contributed by atoms with Crippen LogP contribution in [-0.4, -0.2) is 38.3 Å². The van der Waals surface area contributed by atoms with Crippen LogP contribution in [0.25, 0.3) is 0 Å². The summed E-state index contributed by atoms with van der Waals surface area (Å²) in [6.07, 6.45) is 3.79. The number of nitrogens with one attached hydrogen (secondary N) is 1. The van der Waals surface area contributed by atoms with E-state index < -0.39 is 10.0 Å². The zero-order chi connectivity index (χ0) is 19.8. The molecule has 0 radical (unpaired) electrons. The number of carbonyl (C=O) groups is 1. The highest BCUT2D eigenvalue weighted by molar-refractivity contribution is 7.89. The Bertz CT molecular complexity index is 854. The van der Waals surface area contributed by atoms with Crippen LogP contribution in [0.1, 0.15) is 31.2 Å². The minimum absolute atomic E-state index is 0.0407. The van der Waals surface area contributed by atoms with Gasteiger partial charge in [-0.15, -0.1) is 0 Å². The van der Waals surface area contributed by atoms with E-state index in [0.717, 1.165) is 25.7 Å². The van der Waals surface area contributed by atoms with Crippen molar-refractivity contribution in [2.45, 2.75) is 37.0 Å². The van der Waals surface area contributed by atoms with Gasteiger partial charge in [0.15, 0.2) is 0 Å². The molecule has 1 heterocycles. The summed E-state index contributed by atoms with van der Waals surface area (Å²) < 4.78 is 27.2. The smallest absolute Gasteiger partial charge is 0.243 e. The highest BCUT2D eigenvalue weighted by atomic mass is 32.2. The molecular weight excluding hydrogens is 372 g/mol. The predicted octanol–water partition coefficient (Wildman–Crippen LogP) is 3.23. The van der Waals surface area contributed by atoms with Gasteiger partial charge in [-0.3, -0.25) is 4.79 Å². The minimum atomic E-state index is -3.45. The van der Waals surface area contributed by atoms with E-state index in [0.29, 0.717) is 31.0 Å². The average Bonchev–Trinajstić information content (AvgIpc) is 2.74. The van der Waals surface area contributed by atoms with Crippen LogP contribution in [0.4, 0.5) is 0 Å². The number of nitrogens with zero attached hydrogens (tertiary/aromatic N) is 1. The van der Waals surface area contributed by atoms with Crippen molar-refractivity contribution in [3.8, 4) is 0 Å². The quantitative estimate of drug-likeness (QED) is 0.740. The molecule has 0 spiro atoms. The maximum atomic E-state index is 12.8. The molecule has 2 aromatic carbocycles. The van der Waals surface area contributed by atoms with Crippen LogP contribution in [0.3, 0.4) is 0 Å². The predicted molar refractivity (Wildman–Crippen MR) is 110 cm³/mol. The van der Waals surface area contributed by atoms with Crippen molar-refractivity contribution in [1.29, 1.82) is 0 Å². The number of sulfonamides is 1. The van der Waals surface area contributed by atoms with Crippen LogP contribution >= 0.6 is 0 Å². The van der Waals surface area contributed by atoms with E-state index in [2.05, 4.69) is 17.4 Å². The second-order valence-corrected chi connectivity index (χ2v) is 9.25. The normalized spacial score (nSPS) is 17.9. The monoisotopic (exact) mass is 400 g/mol. The van der Waals surface area contributed by atoms with Gasteiger partial charge in [0.25, 0.3) is 0 Å². The Morgan fingerprint density at radius 3 is 2.43 bits per heavy atom. The minimum Gasteiger partial charge on any atom is -0.356 e. The molecule has 0 bridgehead atoms. The number of amides is 1. The highest BCUT2D eigenvalue weighted by Crippen LogP contribution is 2.26. The van der Waals surface area contributed by atoms with Crippen LogP contribution in [0, 0.1) is 5.92 Å². The fourth-order valence-corrected chi connectivity index (χ4v) is 5.21. The summed E-state index contributed by atoms with van der Waals surface area (Å²) in [5.41, 5.74) is 1.21. The average molecular weight is 401 g/mol. The van der Waals surface area contributed by atoms with Crippen molar-refractivity contribution in [2.24, 2.45) is 5.92 Å². The van der Waals surface area contributed by atoms with E-state index in [9.17, 15) is 13.2 Å². The first kappa shape index (κ1) is 20.6. The third-order valence-corrected chi connectivity index (χ3v) is 7.10. The van der Waals surface area contributed by atoms with E-state index in [1.54, 1.807) is 28.6 Å². The van der Waals surface area contributed by atoms with Crippen LogP contribution in [-0.2, 0) is 21.2 Å². The maximum absolute atomic E-state index is 12.8. The van der Waals surface area contributed by atoms with E-state index in [1.165, 1.54) is 5.56 Å². The Balaban J connectivity index is 1.44. The summed E-state index contributed by atoms with van der Waals surface area (Å²) in [4.78, 5) is 12.5. The van der Waals surface area contributed by atoms with Gasteiger partial charge < -0.3 is 5.32 Å². The first-order valence-corrected chi connectivity index (χ1v) is 11.4. The molecule has 28 heavy (non-hydrogen) atoms. The molecule has 0 saturated carbocycles. The topological polar surface area (TPSA) is 66.5 Å². The van der Waals surface area contributed by atoms with Gasteiger partial charge in [0.05, 0.1) is 4.90 Å². The molecule has 1 saturated heterocycles. The molecule has 1 fully saturated rings. The van der Waals surface area contributed by atoms with Crippen molar-refractivity contribution < 1.29 is 13.2 Å². The first-order valence-electron chi connectivity index (χ1n) is 9.91. The number of hydrogen-bond acceptors (Lipinski definition) is 3. The fraction of sp³-hybridized carbons (Fsp3) is 0.409. The van der Waals surface area contributed by atoms with Gasteiger partial charge in [0.2, 0.25) is 15.9 Å². The molecule has 5 nitrogen and oxygen atoms in total. The molecule has 1 amide bonds. The number of piperidine rings is 1. The standard InChI is InChI=1S/C22H28N2O3S/c25-22(23-16-15-19-8-3-1-4-9-19)14-13-20-10-7-17-24(18-20)28(26,27)21-11-5-2-6-12-21/h1-6,8-9,11-12,20H,7,10,13-18H2,(H,23,25). The third kappa shape index (κ3) is 5.66. The van der Waals surface area contributed by atoms with Crippen molar-refractivity contribution >= 4 is 15.9 Å². The summed E-state index contributed by atoms with van der Waals surface area (Å²) in [7, 11) is -3.45. The van der Waals surface area contributed by atoms with E-state index >= 15 is 0 Å². The van der Waals surface area contributed by atoms with Gasteiger partial charge in [0, 0.05) is 26.1 Å². The third-order valence-electron chi connectivity index (χ3n) is 5.22. The number of benzene rings is 2. The summed E-state index contributed by atoms with van der Waals surface area (Å²) in [6.45, 7) is 1.67. The van der Waals surface area contributed by atoms with Crippen molar-refractivity contribution in [1.82, 2.24) is 9.62 Å². The summed E-state index contributed by atoms with van der Waals surface area (Å²) in [5, 5.41) is 2.97. The van der Waals surface area contributed by atoms with Crippen molar-refractivity contribution in [3.05, 3.63) is 66.2 Å². The van der Waals surface area contributed by atoms with Gasteiger partial charge >= 0.3 is 0 Å². The van der Waals surface area contributed by atoms with E-state index in [-0.39, 0.29) is 11.8 Å². The van der Waals surface area contributed by atoms with E-state index in [1.807, 2.05) is 24.3 Å². The zero-order valence-electron chi connectivity index (χ0n) is 16.1. The lowest BCUT2D eigenvalue weighted by molar-refractivity contribution is -0.121. The molecule has 1 aliphatic rings. The molecule has 0 aromatic heterocycles. The van der Waals surface area contributed by atoms with Crippen LogP contribution in [0.15, 0.2) is 65.6 Å². The number of carbonyl (C=O) groups excluding carboxylic acids is 1. The van der Waals surface area contributed by atoms with Crippen LogP contribution in [0.2, 0.25) is 0 Å². The SMILES string of the molecule is O=C(CCC1CCCN(S(=O)(=O)c2ccccc2)C1)NCCc1ccccc1. The Morgan fingerprint density at radius 1 is 1.04 bits per heavy atom. The lowest BCUT2D eigenvalue weighted by Gasteiger charge is -2.31. The van der Waals surface area contributed by atoms with Crippen LogP contribution in [0.5, 0.6) is 0 Å². The summed E-state index contributed by atoms with van der Waals surface area (Å²) in [5.74, 6) is 0.270. The Kier molecular flexibility index (Phi) is 7.23.